The van der Waals surface area contributed by atoms with Crippen molar-refractivity contribution in [1.82, 2.24) is 20.1 Å². The zero-order valence-electron chi connectivity index (χ0n) is 16.8. The van der Waals surface area contributed by atoms with E-state index in [1.165, 1.54) is 0 Å². The number of hydrogen-bond donors (Lipinski definition) is 1. The summed E-state index contributed by atoms with van der Waals surface area (Å²) in [4.78, 5) is 21.3. The summed E-state index contributed by atoms with van der Waals surface area (Å²) in [6, 6.07) is 13.1. The average molecular weight is 377 g/mol. The van der Waals surface area contributed by atoms with Gasteiger partial charge in [-0.05, 0) is 76.9 Å². The molecule has 1 saturated heterocycles. The highest BCUT2D eigenvalue weighted by molar-refractivity contribution is 5.94. The molecule has 0 atom stereocenters. The topological polar surface area (TPSA) is 72.3 Å². The molecule has 1 amide bonds. The van der Waals surface area contributed by atoms with Gasteiger partial charge in [0.1, 0.15) is 11.8 Å². The Bertz CT molecular complexity index is 844. The van der Waals surface area contributed by atoms with Crippen LogP contribution in [0.2, 0.25) is 0 Å². The number of nitriles is 1. The highest BCUT2D eigenvalue weighted by Crippen LogP contribution is 2.26. The van der Waals surface area contributed by atoms with Gasteiger partial charge in [-0.2, -0.15) is 5.26 Å². The number of hydrogen-bond acceptors (Lipinski definition) is 5. The summed E-state index contributed by atoms with van der Waals surface area (Å²) in [5.41, 5.74) is 2.93. The summed E-state index contributed by atoms with van der Waals surface area (Å²) < 4.78 is 0. The van der Waals surface area contributed by atoms with Crippen LogP contribution in [0.3, 0.4) is 0 Å². The van der Waals surface area contributed by atoms with E-state index in [9.17, 15) is 4.79 Å². The van der Waals surface area contributed by atoms with E-state index in [0.717, 1.165) is 37.1 Å². The molecule has 0 saturated carbocycles. The summed E-state index contributed by atoms with van der Waals surface area (Å²) in [6.45, 7) is 2.73. The molecule has 0 spiro atoms. The van der Waals surface area contributed by atoms with Crippen molar-refractivity contribution in [2.24, 2.45) is 0 Å². The van der Waals surface area contributed by atoms with E-state index < -0.39 is 0 Å². The Morgan fingerprint density at radius 2 is 1.82 bits per heavy atom. The normalized spacial score (nSPS) is 16.5. The van der Waals surface area contributed by atoms with Gasteiger partial charge in [0.2, 0.25) is 0 Å². The Morgan fingerprint density at radius 1 is 1.18 bits per heavy atom. The lowest BCUT2D eigenvalue weighted by molar-refractivity contribution is 0.0612. The first kappa shape index (κ1) is 20.0. The molecule has 3 rings (SSSR count). The molecule has 0 bridgehead atoms. The summed E-state index contributed by atoms with van der Waals surface area (Å²) in [5.74, 6) is -0.0512. The van der Waals surface area contributed by atoms with Gasteiger partial charge in [0.15, 0.2) is 0 Å². The van der Waals surface area contributed by atoms with Gasteiger partial charge in [-0.15, -0.1) is 0 Å². The van der Waals surface area contributed by atoms with Crippen molar-refractivity contribution in [1.29, 1.82) is 5.26 Å². The Kier molecular flexibility index (Phi) is 6.08. The van der Waals surface area contributed by atoms with Crippen LogP contribution in [0.5, 0.6) is 0 Å². The standard InChI is InChI=1S/C22H27N5O/c1-26(2)22(10-12-27(3)13-11-22)16-25-21(28)18-6-4-17(5-7-18)19-8-9-20(14-23)24-15-19/h4-9,15H,10-13,16H2,1-3H3,(H,25,28). The fourth-order valence-electron chi connectivity index (χ4n) is 3.61. The summed E-state index contributed by atoms with van der Waals surface area (Å²) in [7, 11) is 6.33. The molecule has 0 aliphatic carbocycles. The smallest absolute Gasteiger partial charge is 0.251 e. The maximum Gasteiger partial charge on any atom is 0.251 e. The van der Waals surface area contributed by atoms with Crippen LogP contribution in [0.1, 0.15) is 28.9 Å². The number of likely N-dealkylation sites (N-methyl/N-ethyl adjacent to an activating group) is 1. The van der Waals surface area contributed by atoms with Gasteiger partial charge in [-0.3, -0.25) is 4.79 Å². The summed E-state index contributed by atoms with van der Waals surface area (Å²) >= 11 is 0. The molecule has 1 fully saturated rings. The average Bonchev–Trinajstić information content (AvgIpc) is 2.73. The number of nitrogens with zero attached hydrogens (tertiary/aromatic N) is 4. The molecule has 1 aliphatic rings. The second-order valence-electron chi connectivity index (χ2n) is 7.73. The second-order valence-corrected chi connectivity index (χ2v) is 7.73. The largest absolute Gasteiger partial charge is 0.350 e. The first-order valence-corrected chi connectivity index (χ1v) is 9.54. The van der Waals surface area contributed by atoms with E-state index in [1.807, 2.05) is 36.4 Å². The molecule has 0 unspecified atom stereocenters. The van der Waals surface area contributed by atoms with Crippen LogP contribution in [0.15, 0.2) is 42.6 Å². The number of aromatic nitrogens is 1. The molecule has 2 heterocycles. The molecule has 1 aromatic carbocycles. The van der Waals surface area contributed by atoms with Gasteiger partial charge >= 0.3 is 0 Å². The van der Waals surface area contributed by atoms with Crippen LogP contribution in [0, 0.1) is 11.3 Å². The van der Waals surface area contributed by atoms with Crippen molar-refractivity contribution in [3.8, 4) is 17.2 Å². The Hall–Kier alpha value is -2.75. The minimum absolute atomic E-state index is 0.0102. The third-order valence-electron chi connectivity index (χ3n) is 5.80. The third-order valence-corrected chi connectivity index (χ3v) is 5.80. The van der Waals surface area contributed by atoms with Crippen molar-refractivity contribution in [3.05, 3.63) is 53.9 Å². The van der Waals surface area contributed by atoms with Crippen molar-refractivity contribution >= 4 is 5.91 Å². The number of piperidine rings is 1. The number of rotatable bonds is 5. The van der Waals surface area contributed by atoms with Crippen LogP contribution in [-0.2, 0) is 0 Å². The molecular weight excluding hydrogens is 350 g/mol. The second kappa shape index (κ2) is 8.51. The quantitative estimate of drug-likeness (QED) is 0.866. The zero-order valence-corrected chi connectivity index (χ0v) is 16.8. The molecular formula is C22H27N5O. The number of carbonyl (C=O) groups is 1. The number of benzene rings is 1. The zero-order chi connectivity index (χ0) is 20.1. The van der Waals surface area contributed by atoms with Gasteiger partial charge in [0, 0.05) is 29.4 Å². The maximum absolute atomic E-state index is 12.7. The van der Waals surface area contributed by atoms with E-state index in [2.05, 4.69) is 41.2 Å². The van der Waals surface area contributed by atoms with Crippen LogP contribution in [0.4, 0.5) is 0 Å². The van der Waals surface area contributed by atoms with Gasteiger partial charge < -0.3 is 15.1 Å². The van der Waals surface area contributed by atoms with Crippen LogP contribution in [0.25, 0.3) is 11.1 Å². The van der Waals surface area contributed by atoms with Crippen molar-refractivity contribution in [3.63, 3.8) is 0 Å². The third kappa shape index (κ3) is 4.38. The van der Waals surface area contributed by atoms with Gasteiger partial charge in [-0.25, -0.2) is 4.98 Å². The lowest BCUT2D eigenvalue weighted by Crippen LogP contribution is -2.57. The van der Waals surface area contributed by atoms with Crippen molar-refractivity contribution < 1.29 is 4.79 Å². The fourth-order valence-corrected chi connectivity index (χ4v) is 3.61. The van der Waals surface area contributed by atoms with Crippen LogP contribution >= 0.6 is 0 Å². The number of nitrogens with one attached hydrogen (secondary N) is 1. The predicted molar refractivity (Wildman–Crippen MR) is 110 cm³/mol. The first-order valence-electron chi connectivity index (χ1n) is 9.54. The molecule has 0 radical (unpaired) electrons. The highest BCUT2D eigenvalue weighted by atomic mass is 16.1. The molecule has 28 heavy (non-hydrogen) atoms. The molecule has 1 N–H and O–H groups in total. The van der Waals surface area contributed by atoms with Gasteiger partial charge in [0.05, 0.1) is 0 Å². The number of amides is 1. The van der Waals surface area contributed by atoms with Gasteiger partial charge in [0.25, 0.3) is 5.91 Å². The monoisotopic (exact) mass is 377 g/mol. The molecule has 6 nitrogen and oxygen atoms in total. The van der Waals surface area contributed by atoms with Crippen LogP contribution < -0.4 is 5.32 Å². The maximum atomic E-state index is 12.7. The van der Waals surface area contributed by atoms with Crippen molar-refractivity contribution in [2.45, 2.75) is 18.4 Å². The predicted octanol–water partition coefficient (Wildman–Crippen LogP) is 2.38. The number of pyridine rings is 1. The number of likely N-dealkylation sites (tertiary alicyclic amines) is 1. The fraction of sp³-hybridized carbons (Fsp3) is 0.409. The molecule has 6 heteroatoms. The van der Waals surface area contributed by atoms with Crippen LogP contribution in [-0.4, -0.2) is 67.0 Å². The van der Waals surface area contributed by atoms with Gasteiger partial charge in [-0.1, -0.05) is 12.1 Å². The number of carbonyl (C=O) groups excluding carboxylic acids is 1. The summed E-state index contributed by atoms with van der Waals surface area (Å²) in [6.07, 6.45) is 3.76. The van der Waals surface area contributed by atoms with E-state index in [1.54, 1.807) is 12.3 Å². The first-order chi connectivity index (χ1) is 13.4. The Morgan fingerprint density at radius 3 is 2.36 bits per heavy atom. The lowest BCUT2D eigenvalue weighted by Gasteiger charge is -2.45. The Labute approximate surface area is 166 Å². The lowest BCUT2D eigenvalue weighted by atomic mass is 9.86. The van der Waals surface area contributed by atoms with E-state index in [4.69, 9.17) is 5.26 Å². The Balaban J connectivity index is 1.65. The van der Waals surface area contributed by atoms with E-state index in [-0.39, 0.29) is 11.4 Å². The minimum atomic E-state index is -0.0512. The SMILES string of the molecule is CN1CCC(CNC(=O)c2ccc(-c3ccc(C#N)nc3)cc2)(N(C)C)CC1. The van der Waals surface area contributed by atoms with E-state index >= 15 is 0 Å². The molecule has 2 aromatic rings. The molecule has 1 aromatic heterocycles. The van der Waals surface area contributed by atoms with Crippen molar-refractivity contribution in [2.75, 3.05) is 40.8 Å². The summed E-state index contributed by atoms with van der Waals surface area (Å²) in [5, 5.41) is 12.0. The van der Waals surface area contributed by atoms with E-state index in [0.29, 0.717) is 17.8 Å². The molecule has 146 valence electrons. The highest BCUT2D eigenvalue weighted by Gasteiger charge is 2.36. The minimum Gasteiger partial charge on any atom is -0.350 e. The molecule has 1 aliphatic heterocycles.